The molecule has 0 aromatic heterocycles. The molecule has 0 heterocycles. The summed E-state index contributed by atoms with van der Waals surface area (Å²) in [5.41, 5.74) is 2.34. The lowest BCUT2D eigenvalue weighted by molar-refractivity contribution is -0.126. The smallest absolute Gasteiger partial charge is 0.223 e. The molecule has 0 unspecified atom stereocenters. The van der Waals surface area contributed by atoms with Crippen molar-refractivity contribution in [3.8, 4) is 0 Å². The molecule has 0 saturated carbocycles. The maximum absolute atomic E-state index is 11.1. The van der Waals surface area contributed by atoms with Crippen molar-refractivity contribution in [3.05, 3.63) is 48.2 Å². The highest BCUT2D eigenvalue weighted by Gasteiger charge is 2.04. The van der Waals surface area contributed by atoms with Crippen molar-refractivity contribution >= 4 is 5.91 Å². The Morgan fingerprint density at radius 3 is 2.43 bits per heavy atom. The molecule has 0 aliphatic carbocycles. The number of rotatable bonds is 3. The fraction of sp³-hybridized carbons (Fsp3) is 0.250. The van der Waals surface area contributed by atoms with Crippen molar-refractivity contribution in [2.24, 2.45) is 0 Å². The van der Waals surface area contributed by atoms with Gasteiger partial charge >= 0.3 is 0 Å². The van der Waals surface area contributed by atoms with Crippen LogP contribution >= 0.6 is 0 Å². The number of hydrogen-bond acceptors (Lipinski definition) is 1. The van der Waals surface area contributed by atoms with Crippen LogP contribution in [0.4, 0.5) is 0 Å². The minimum Gasteiger partial charge on any atom is -0.316 e. The van der Waals surface area contributed by atoms with Crippen LogP contribution in [0.25, 0.3) is 0 Å². The van der Waals surface area contributed by atoms with E-state index < -0.39 is 0 Å². The Morgan fingerprint density at radius 1 is 1.43 bits per heavy atom. The predicted molar refractivity (Wildman–Crippen MR) is 57.6 cm³/mol. The van der Waals surface area contributed by atoms with Crippen LogP contribution in [-0.2, 0) is 11.3 Å². The summed E-state index contributed by atoms with van der Waals surface area (Å²) in [6.45, 7) is 7.78. The molecular weight excluding hydrogens is 174 g/mol. The summed E-state index contributed by atoms with van der Waals surface area (Å²) in [5, 5.41) is 0. The highest BCUT2D eigenvalue weighted by Crippen LogP contribution is 2.07. The highest BCUT2D eigenvalue weighted by molar-refractivity contribution is 5.74. The molecule has 1 aromatic rings. The van der Waals surface area contributed by atoms with Gasteiger partial charge in [0.25, 0.3) is 0 Å². The molecule has 0 spiro atoms. The summed E-state index contributed by atoms with van der Waals surface area (Å²) in [5.74, 6) is 0.0144. The van der Waals surface area contributed by atoms with Gasteiger partial charge in [0.1, 0.15) is 0 Å². The summed E-state index contributed by atoms with van der Waals surface area (Å²) < 4.78 is 0. The Morgan fingerprint density at radius 2 is 2.00 bits per heavy atom. The number of nitrogens with zero attached hydrogens (tertiary/aromatic N) is 1. The topological polar surface area (TPSA) is 20.3 Å². The Hall–Kier alpha value is -1.57. The van der Waals surface area contributed by atoms with E-state index in [0.717, 1.165) is 5.56 Å². The second kappa shape index (κ2) is 4.61. The van der Waals surface area contributed by atoms with E-state index in [1.807, 2.05) is 31.2 Å². The summed E-state index contributed by atoms with van der Waals surface area (Å²) in [6, 6.07) is 8.12. The average Bonchev–Trinajstić information content (AvgIpc) is 2.16. The van der Waals surface area contributed by atoms with Gasteiger partial charge in [-0.25, -0.2) is 0 Å². The highest BCUT2D eigenvalue weighted by atomic mass is 16.2. The maximum Gasteiger partial charge on any atom is 0.223 e. The Bertz CT molecular complexity index is 327. The van der Waals surface area contributed by atoms with E-state index in [1.54, 1.807) is 11.1 Å². The summed E-state index contributed by atoms with van der Waals surface area (Å²) in [6.07, 6.45) is 1.56. The number of hydrogen-bond donors (Lipinski definition) is 0. The van der Waals surface area contributed by atoms with E-state index >= 15 is 0 Å². The first-order valence-corrected chi connectivity index (χ1v) is 4.59. The SMILES string of the molecule is C=CN(Cc1ccc(C)cc1)C(C)=O. The zero-order valence-corrected chi connectivity index (χ0v) is 8.66. The van der Waals surface area contributed by atoms with Gasteiger partial charge in [0, 0.05) is 6.92 Å². The molecule has 1 rings (SSSR count). The summed E-state index contributed by atoms with van der Waals surface area (Å²) in [4.78, 5) is 12.7. The van der Waals surface area contributed by atoms with E-state index in [9.17, 15) is 4.79 Å². The van der Waals surface area contributed by atoms with Gasteiger partial charge in [0.05, 0.1) is 6.54 Å². The van der Waals surface area contributed by atoms with Gasteiger partial charge in [-0.1, -0.05) is 36.4 Å². The van der Waals surface area contributed by atoms with Gasteiger partial charge in [-0.2, -0.15) is 0 Å². The van der Waals surface area contributed by atoms with Crippen LogP contribution < -0.4 is 0 Å². The number of amides is 1. The van der Waals surface area contributed by atoms with Gasteiger partial charge in [0.15, 0.2) is 0 Å². The van der Waals surface area contributed by atoms with Crippen molar-refractivity contribution in [1.82, 2.24) is 4.90 Å². The number of carbonyl (C=O) groups is 1. The lowest BCUT2D eigenvalue weighted by atomic mass is 10.1. The van der Waals surface area contributed by atoms with Gasteiger partial charge in [-0.05, 0) is 18.7 Å². The molecule has 0 aliphatic heterocycles. The van der Waals surface area contributed by atoms with E-state index in [-0.39, 0.29) is 5.91 Å². The molecule has 2 heteroatoms. The van der Waals surface area contributed by atoms with E-state index in [4.69, 9.17) is 0 Å². The van der Waals surface area contributed by atoms with Crippen LogP contribution in [0.1, 0.15) is 18.1 Å². The van der Waals surface area contributed by atoms with Crippen LogP contribution in [0.5, 0.6) is 0 Å². The van der Waals surface area contributed by atoms with Crippen molar-refractivity contribution in [2.45, 2.75) is 20.4 Å². The summed E-state index contributed by atoms with van der Waals surface area (Å²) in [7, 11) is 0. The second-order valence-corrected chi connectivity index (χ2v) is 3.32. The van der Waals surface area contributed by atoms with Gasteiger partial charge in [0.2, 0.25) is 5.91 Å². The van der Waals surface area contributed by atoms with Gasteiger partial charge in [-0.15, -0.1) is 0 Å². The molecule has 0 fully saturated rings. The fourth-order valence-electron chi connectivity index (χ4n) is 1.19. The number of benzene rings is 1. The molecule has 14 heavy (non-hydrogen) atoms. The molecule has 0 saturated heterocycles. The van der Waals surface area contributed by atoms with Crippen LogP contribution in [0.2, 0.25) is 0 Å². The molecule has 0 atom stereocenters. The van der Waals surface area contributed by atoms with E-state index in [0.29, 0.717) is 6.54 Å². The predicted octanol–water partition coefficient (Wildman–Crippen LogP) is 2.49. The first-order valence-electron chi connectivity index (χ1n) is 4.59. The fourth-order valence-corrected chi connectivity index (χ4v) is 1.19. The van der Waals surface area contributed by atoms with Crippen LogP contribution in [0.15, 0.2) is 37.0 Å². The van der Waals surface area contributed by atoms with Crippen molar-refractivity contribution in [3.63, 3.8) is 0 Å². The third-order valence-corrected chi connectivity index (χ3v) is 2.10. The Kier molecular flexibility index (Phi) is 3.46. The molecule has 0 radical (unpaired) electrons. The zero-order valence-electron chi connectivity index (χ0n) is 8.66. The van der Waals surface area contributed by atoms with Crippen LogP contribution in [0, 0.1) is 6.92 Å². The number of aryl methyl sites for hydroxylation is 1. The zero-order chi connectivity index (χ0) is 10.6. The molecule has 0 N–H and O–H groups in total. The Labute approximate surface area is 84.9 Å². The minimum absolute atomic E-state index is 0.0144. The van der Waals surface area contributed by atoms with Crippen LogP contribution in [0.3, 0.4) is 0 Å². The molecule has 0 bridgehead atoms. The molecular formula is C12H15NO. The maximum atomic E-state index is 11.1. The van der Waals surface area contributed by atoms with Gasteiger partial charge < -0.3 is 4.90 Å². The van der Waals surface area contributed by atoms with Crippen molar-refractivity contribution in [2.75, 3.05) is 0 Å². The molecule has 2 nitrogen and oxygen atoms in total. The third kappa shape index (κ3) is 2.73. The minimum atomic E-state index is 0.0144. The first kappa shape index (κ1) is 10.5. The third-order valence-electron chi connectivity index (χ3n) is 2.10. The van der Waals surface area contributed by atoms with E-state index in [1.165, 1.54) is 12.5 Å². The largest absolute Gasteiger partial charge is 0.316 e. The lowest BCUT2D eigenvalue weighted by Crippen LogP contribution is -2.21. The number of carbonyl (C=O) groups excluding carboxylic acids is 1. The second-order valence-electron chi connectivity index (χ2n) is 3.32. The summed E-state index contributed by atoms with van der Waals surface area (Å²) >= 11 is 0. The van der Waals surface area contributed by atoms with Crippen molar-refractivity contribution in [1.29, 1.82) is 0 Å². The molecule has 1 aromatic carbocycles. The van der Waals surface area contributed by atoms with Crippen molar-refractivity contribution < 1.29 is 4.79 Å². The quantitative estimate of drug-likeness (QED) is 0.715. The molecule has 1 amide bonds. The van der Waals surface area contributed by atoms with Crippen LogP contribution in [-0.4, -0.2) is 10.8 Å². The normalized spacial score (nSPS) is 9.57. The van der Waals surface area contributed by atoms with E-state index in [2.05, 4.69) is 6.58 Å². The molecule has 0 aliphatic rings. The van der Waals surface area contributed by atoms with Gasteiger partial charge in [-0.3, -0.25) is 4.79 Å². The molecule has 74 valence electrons. The monoisotopic (exact) mass is 189 g/mol. The Balaban J connectivity index is 2.72. The average molecular weight is 189 g/mol. The first-order chi connectivity index (χ1) is 6.63. The lowest BCUT2D eigenvalue weighted by Gasteiger charge is -2.15. The standard InChI is InChI=1S/C12H15NO/c1-4-13(11(3)14)9-12-7-5-10(2)6-8-12/h4-8H,1,9H2,2-3H3.